The molecule has 1 heterocycles. The molecule has 0 amide bonds. The first-order chi connectivity index (χ1) is 4.84. The molecule has 0 atom stereocenters. The lowest BCUT2D eigenvalue weighted by atomic mass is 9.95. The van der Waals surface area contributed by atoms with Crippen molar-refractivity contribution in [3.63, 3.8) is 0 Å². The van der Waals surface area contributed by atoms with E-state index in [-0.39, 0.29) is 5.92 Å². The van der Waals surface area contributed by atoms with E-state index in [4.69, 9.17) is 6.42 Å². The van der Waals surface area contributed by atoms with Crippen LogP contribution < -0.4 is 5.32 Å². The van der Waals surface area contributed by atoms with Crippen molar-refractivity contribution in [3.05, 3.63) is 0 Å². The predicted molar refractivity (Wildman–Crippen MR) is 39.4 cm³/mol. The Morgan fingerprint density at radius 3 is 2.80 bits per heavy atom. The standard InChI is InChI=1S/C8H11NO/c1-2-3-4-8(10)7-5-9-6-7/h1,7,9H,3-6H2. The van der Waals surface area contributed by atoms with Gasteiger partial charge in [0, 0.05) is 31.8 Å². The Kier molecular flexibility index (Phi) is 2.47. The topological polar surface area (TPSA) is 29.1 Å². The third-order valence-corrected chi connectivity index (χ3v) is 1.75. The van der Waals surface area contributed by atoms with Crippen LogP contribution in [0.15, 0.2) is 0 Å². The second kappa shape index (κ2) is 3.38. The SMILES string of the molecule is C#CCCC(=O)C1CNC1. The Morgan fingerprint density at radius 2 is 2.40 bits per heavy atom. The van der Waals surface area contributed by atoms with E-state index < -0.39 is 0 Å². The predicted octanol–water partition coefficient (Wildman–Crippen LogP) is 0.188. The molecule has 1 aliphatic heterocycles. The molecule has 0 aliphatic carbocycles. The summed E-state index contributed by atoms with van der Waals surface area (Å²) in [6.07, 6.45) is 6.17. The van der Waals surface area contributed by atoms with Crippen LogP contribution in [0.4, 0.5) is 0 Å². The minimum Gasteiger partial charge on any atom is -0.315 e. The summed E-state index contributed by atoms with van der Waals surface area (Å²) < 4.78 is 0. The first-order valence-electron chi connectivity index (χ1n) is 3.51. The normalized spacial score (nSPS) is 17.5. The number of hydrogen-bond donors (Lipinski definition) is 1. The molecule has 1 rings (SSSR count). The van der Waals surface area contributed by atoms with Crippen molar-refractivity contribution in [2.75, 3.05) is 13.1 Å². The Bertz CT molecular complexity index is 165. The average Bonchev–Trinajstić information content (AvgIpc) is 1.79. The van der Waals surface area contributed by atoms with Gasteiger partial charge in [-0.15, -0.1) is 12.3 Å². The quantitative estimate of drug-likeness (QED) is 0.562. The van der Waals surface area contributed by atoms with Crippen molar-refractivity contribution in [2.24, 2.45) is 5.92 Å². The van der Waals surface area contributed by atoms with Gasteiger partial charge in [-0.3, -0.25) is 4.79 Å². The van der Waals surface area contributed by atoms with Gasteiger partial charge in [0.2, 0.25) is 0 Å². The summed E-state index contributed by atoms with van der Waals surface area (Å²) >= 11 is 0. The first-order valence-corrected chi connectivity index (χ1v) is 3.51. The molecule has 0 aromatic carbocycles. The summed E-state index contributed by atoms with van der Waals surface area (Å²) in [7, 11) is 0. The van der Waals surface area contributed by atoms with E-state index in [1.807, 2.05) is 0 Å². The number of carbonyl (C=O) groups excluding carboxylic acids is 1. The molecule has 0 saturated carbocycles. The summed E-state index contributed by atoms with van der Waals surface area (Å²) in [6.45, 7) is 1.70. The molecule has 0 radical (unpaired) electrons. The second-order valence-electron chi connectivity index (χ2n) is 2.53. The summed E-state index contributed by atoms with van der Waals surface area (Å²) in [5, 5.41) is 3.05. The molecular formula is C8H11NO. The van der Waals surface area contributed by atoms with Crippen LogP contribution in [0, 0.1) is 18.3 Å². The first kappa shape index (κ1) is 7.30. The molecule has 1 aliphatic rings. The highest BCUT2D eigenvalue weighted by molar-refractivity contribution is 5.82. The molecule has 0 aromatic heterocycles. The second-order valence-corrected chi connectivity index (χ2v) is 2.53. The van der Waals surface area contributed by atoms with E-state index in [1.54, 1.807) is 0 Å². The van der Waals surface area contributed by atoms with Gasteiger partial charge in [0.05, 0.1) is 0 Å². The fraction of sp³-hybridized carbons (Fsp3) is 0.625. The Morgan fingerprint density at radius 1 is 1.70 bits per heavy atom. The largest absolute Gasteiger partial charge is 0.315 e. The lowest BCUT2D eigenvalue weighted by Crippen LogP contribution is -2.46. The maximum absolute atomic E-state index is 11.0. The maximum Gasteiger partial charge on any atom is 0.139 e. The van der Waals surface area contributed by atoms with Crippen LogP contribution in [0.2, 0.25) is 0 Å². The van der Waals surface area contributed by atoms with Crippen LogP contribution in [-0.2, 0) is 4.79 Å². The van der Waals surface area contributed by atoms with Crippen molar-refractivity contribution in [1.82, 2.24) is 5.32 Å². The molecule has 0 aromatic rings. The fourth-order valence-electron chi connectivity index (χ4n) is 0.916. The lowest BCUT2D eigenvalue weighted by molar-refractivity contribution is -0.124. The van der Waals surface area contributed by atoms with Gasteiger partial charge < -0.3 is 5.32 Å². The molecule has 1 N–H and O–H groups in total. The van der Waals surface area contributed by atoms with E-state index in [2.05, 4.69) is 11.2 Å². The maximum atomic E-state index is 11.0. The molecular weight excluding hydrogens is 126 g/mol. The van der Waals surface area contributed by atoms with Gasteiger partial charge in [-0.25, -0.2) is 0 Å². The molecule has 2 nitrogen and oxygen atoms in total. The fourth-order valence-corrected chi connectivity index (χ4v) is 0.916. The van der Waals surface area contributed by atoms with E-state index in [0.29, 0.717) is 18.6 Å². The van der Waals surface area contributed by atoms with E-state index in [0.717, 1.165) is 13.1 Å². The number of ketones is 1. The molecule has 1 fully saturated rings. The zero-order chi connectivity index (χ0) is 7.40. The van der Waals surface area contributed by atoms with Gasteiger partial charge >= 0.3 is 0 Å². The Labute approximate surface area is 61.0 Å². The van der Waals surface area contributed by atoms with Gasteiger partial charge in [-0.2, -0.15) is 0 Å². The van der Waals surface area contributed by atoms with Gasteiger partial charge in [-0.05, 0) is 0 Å². The molecule has 0 unspecified atom stereocenters. The number of rotatable bonds is 3. The zero-order valence-electron chi connectivity index (χ0n) is 5.89. The number of terminal acetylenes is 1. The van der Waals surface area contributed by atoms with Crippen molar-refractivity contribution >= 4 is 5.78 Å². The molecule has 2 heteroatoms. The molecule has 10 heavy (non-hydrogen) atoms. The molecule has 0 bridgehead atoms. The van der Waals surface area contributed by atoms with Crippen LogP contribution in [0.5, 0.6) is 0 Å². The van der Waals surface area contributed by atoms with Gasteiger partial charge in [0.1, 0.15) is 5.78 Å². The summed E-state index contributed by atoms with van der Waals surface area (Å²) in [5.74, 6) is 3.03. The number of carbonyl (C=O) groups is 1. The Balaban J connectivity index is 2.15. The van der Waals surface area contributed by atoms with Crippen LogP contribution >= 0.6 is 0 Å². The highest BCUT2D eigenvalue weighted by atomic mass is 16.1. The van der Waals surface area contributed by atoms with Crippen molar-refractivity contribution in [2.45, 2.75) is 12.8 Å². The highest BCUT2D eigenvalue weighted by Gasteiger charge is 2.23. The minimum atomic E-state index is 0.258. The summed E-state index contributed by atoms with van der Waals surface area (Å²) in [4.78, 5) is 11.0. The minimum absolute atomic E-state index is 0.258. The van der Waals surface area contributed by atoms with Crippen LogP contribution in [0.25, 0.3) is 0 Å². The van der Waals surface area contributed by atoms with Crippen molar-refractivity contribution < 1.29 is 4.79 Å². The van der Waals surface area contributed by atoms with Gasteiger partial charge in [0.25, 0.3) is 0 Å². The van der Waals surface area contributed by atoms with E-state index >= 15 is 0 Å². The monoisotopic (exact) mass is 137 g/mol. The Hall–Kier alpha value is -0.810. The third-order valence-electron chi connectivity index (χ3n) is 1.75. The van der Waals surface area contributed by atoms with Gasteiger partial charge in [-0.1, -0.05) is 0 Å². The zero-order valence-corrected chi connectivity index (χ0v) is 5.89. The molecule has 54 valence electrons. The van der Waals surface area contributed by atoms with Crippen LogP contribution in [0.3, 0.4) is 0 Å². The van der Waals surface area contributed by atoms with Crippen molar-refractivity contribution in [1.29, 1.82) is 0 Å². The smallest absolute Gasteiger partial charge is 0.139 e. The van der Waals surface area contributed by atoms with Crippen molar-refractivity contribution in [3.8, 4) is 12.3 Å². The van der Waals surface area contributed by atoms with Crippen LogP contribution in [0.1, 0.15) is 12.8 Å². The van der Waals surface area contributed by atoms with E-state index in [9.17, 15) is 4.79 Å². The van der Waals surface area contributed by atoms with E-state index in [1.165, 1.54) is 0 Å². The summed E-state index contributed by atoms with van der Waals surface area (Å²) in [5.41, 5.74) is 0. The summed E-state index contributed by atoms with van der Waals surface area (Å²) in [6, 6.07) is 0. The molecule has 1 saturated heterocycles. The highest BCUT2D eigenvalue weighted by Crippen LogP contribution is 2.07. The van der Waals surface area contributed by atoms with Crippen LogP contribution in [-0.4, -0.2) is 18.9 Å². The lowest BCUT2D eigenvalue weighted by Gasteiger charge is -2.25. The number of Topliss-reactive ketones (excluding diaryl/α,β-unsaturated/α-hetero) is 1. The molecule has 0 spiro atoms. The number of nitrogens with one attached hydrogen (secondary N) is 1. The third kappa shape index (κ3) is 1.58. The number of hydrogen-bond acceptors (Lipinski definition) is 2. The average molecular weight is 137 g/mol. The van der Waals surface area contributed by atoms with Gasteiger partial charge in [0.15, 0.2) is 0 Å².